The van der Waals surface area contributed by atoms with Crippen molar-refractivity contribution in [2.45, 2.75) is 77.6 Å². The Morgan fingerprint density at radius 2 is 1.58 bits per heavy atom. The second-order valence-corrected chi connectivity index (χ2v) is 5.75. The molecule has 0 atom stereocenters. The molecule has 1 aromatic carbocycles. The molecule has 0 heterocycles. The van der Waals surface area contributed by atoms with E-state index in [2.05, 4.69) is 26.8 Å². The van der Waals surface area contributed by atoms with Crippen LogP contribution in [0.1, 0.15) is 77.7 Å². The topological polar surface area (TPSA) is 0 Å². The van der Waals surface area contributed by atoms with E-state index in [1.807, 2.05) is 6.07 Å². The molecule has 0 aromatic heterocycles. The van der Waals surface area contributed by atoms with Crippen LogP contribution in [0.25, 0.3) is 0 Å². The van der Waals surface area contributed by atoms with Gasteiger partial charge in [-0.2, -0.15) is 0 Å². The van der Waals surface area contributed by atoms with E-state index in [9.17, 15) is 4.39 Å². The molecule has 0 bridgehead atoms. The van der Waals surface area contributed by atoms with E-state index < -0.39 is 0 Å². The summed E-state index contributed by atoms with van der Waals surface area (Å²) in [5, 5.41) is 0. The maximum Gasteiger partial charge on any atom is 0.123 e. The molecule has 0 aliphatic rings. The molecular weight excluding hydrogens is 235 g/mol. The lowest BCUT2D eigenvalue weighted by Crippen LogP contribution is -2.26. The molecule has 0 aliphatic heterocycles. The van der Waals surface area contributed by atoms with E-state index >= 15 is 0 Å². The Hall–Kier alpha value is -0.850. The van der Waals surface area contributed by atoms with Crippen LogP contribution in [-0.4, -0.2) is 0 Å². The zero-order valence-corrected chi connectivity index (χ0v) is 12.8. The summed E-state index contributed by atoms with van der Waals surface area (Å²) >= 11 is 0. The lowest BCUT2D eigenvalue weighted by atomic mass is 9.70. The van der Waals surface area contributed by atoms with E-state index in [4.69, 9.17) is 0 Å². The molecule has 1 aromatic rings. The van der Waals surface area contributed by atoms with Crippen LogP contribution in [0.3, 0.4) is 0 Å². The fourth-order valence-electron chi connectivity index (χ4n) is 3.30. The van der Waals surface area contributed by atoms with Crippen LogP contribution < -0.4 is 0 Å². The SMILES string of the molecule is CCCCCC(CCC)(CCC)c1cccc(F)c1. The third-order valence-electron chi connectivity index (χ3n) is 4.15. The Labute approximate surface area is 118 Å². The fourth-order valence-corrected chi connectivity index (χ4v) is 3.30. The van der Waals surface area contributed by atoms with Crippen molar-refractivity contribution in [2.24, 2.45) is 0 Å². The van der Waals surface area contributed by atoms with Gasteiger partial charge in [0.2, 0.25) is 0 Å². The summed E-state index contributed by atoms with van der Waals surface area (Å²) in [6, 6.07) is 7.31. The molecule has 0 unspecified atom stereocenters. The molecule has 0 saturated heterocycles. The van der Waals surface area contributed by atoms with Gasteiger partial charge in [-0.3, -0.25) is 0 Å². The first kappa shape index (κ1) is 16.2. The van der Waals surface area contributed by atoms with Crippen molar-refractivity contribution >= 4 is 0 Å². The van der Waals surface area contributed by atoms with Gasteiger partial charge in [-0.15, -0.1) is 0 Å². The minimum atomic E-state index is -0.0930. The van der Waals surface area contributed by atoms with Crippen LogP contribution >= 0.6 is 0 Å². The smallest absolute Gasteiger partial charge is 0.123 e. The lowest BCUT2D eigenvalue weighted by molar-refractivity contribution is 0.317. The first-order chi connectivity index (χ1) is 9.18. The van der Waals surface area contributed by atoms with Crippen LogP contribution in [-0.2, 0) is 5.41 Å². The molecule has 0 aliphatic carbocycles. The van der Waals surface area contributed by atoms with Gasteiger partial charge < -0.3 is 0 Å². The van der Waals surface area contributed by atoms with Crippen molar-refractivity contribution in [3.63, 3.8) is 0 Å². The number of hydrogen-bond acceptors (Lipinski definition) is 0. The largest absolute Gasteiger partial charge is 0.207 e. The van der Waals surface area contributed by atoms with Crippen molar-refractivity contribution in [2.75, 3.05) is 0 Å². The highest BCUT2D eigenvalue weighted by Crippen LogP contribution is 2.39. The van der Waals surface area contributed by atoms with Crippen molar-refractivity contribution < 1.29 is 4.39 Å². The molecule has 1 heteroatoms. The van der Waals surface area contributed by atoms with Gasteiger partial charge in [0.25, 0.3) is 0 Å². The number of unbranched alkanes of at least 4 members (excludes halogenated alkanes) is 2. The third kappa shape index (κ3) is 4.63. The molecule has 0 nitrogen and oxygen atoms in total. The van der Waals surface area contributed by atoms with Crippen molar-refractivity contribution in [3.8, 4) is 0 Å². The third-order valence-corrected chi connectivity index (χ3v) is 4.15. The highest BCUT2D eigenvalue weighted by molar-refractivity contribution is 5.26. The summed E-state index contributed by atoms with van der Waals surface area (Å²) in [6.45, 7) is 6.72. The quantitative estimate of drug-likeness (QED) is 0.463. The van der Waals surface area contributed by atoms with E-state index in [0.717, 1.165) is 0 Å². The second kappa shape index (κ2) is 8.35. The van der Waals surface area contributed by atoms with Crippen molar-refractivity contribution in [1.29, 1.82) is 0 Å². The zero-order chi connectivity index (χ0) is 14.1. The Kier molecular flexibility index (Phi) is 7.12. The Morgan fingerprint density at radius 3 is 2.11 bits per heavy atom. The van der Waals surface area contributed by atoms with Gasteiger partial charge in [-0.25, -0.2) is 4.39 Å². The number of rotatable bonds is 9. The summed E-state index contributed by atoms with van der Waals surface area (Å²) in [5.41, 5.74) is 1.41. The lowest BCUT2D eigenvalue weighted by Gasteiger charge is -2.34. The summed E-state index contributed by atoms with van der Waals surface area (Å²) in [5.74, 6) is -0.0930. The molecule has 0 saturated carbocycles. The summed E-state index contributed by atoms with van der Waals surface area (Å²) in [6.07, 6.45) is 9.67. The fraction of sp³-hybridized carbons (Fsp3) is 0.667. The van der Waals surface area contributed by atoms with Gasteiger partial charge in [0.05, 0.1) is 0 Å². The van der Waals surface area contributed by atoms with Crippen LogP contribution in [0.4, 0.5) is 4.39 Å². The Morgan fingerprint density at radius 1 is 0.895 bits per heavy atom. The Bertz CT molecular complexity index is 350. The van der Waals surface area contributed by atoms with Gasteiger partial charge in [-0.1, -0.05) is 65.0 Å². The normalized spacial score (nSPS) is 11.8. The van der Waals surface area contributed by atoms with Gasteiger partial charge in [0.1, 0.15) is 5.82 Å². The maximum atomic E-state index is 13.6. The molecule has 0 radical (unpaired) electrons. The zero-order valence-electron chi connectivity index (χ0n) is 12.8. The number of halogens is 1. The van der Waals surface area contributed by atoms with E-state index in [1.54, 1.807) is 12.1 Å². The van der Waals surface area contributed by atoms with Crippen molar-refractivity contribution in [1.82, 2.24) is 0 Å². The van der Waals surface area contributed by atoms with E-state index in [-0.39, 0.29) is 11.2 Å². The summed E-state index contributed by atoms with van der Waals surface area (Å²) < 4.78 is 13.6. The minimum absolute atomic E-state index is 0.0930. The predicted octanol–water partition coefficient (Wildman–Crippen LogP) is 6.24. The first-order valence-electron chi connectivity index (χ1n) is 7.94. The van der Waals surface area contributed by atoms with E-state index in [1.165, 1.54) is 56.9 Å². The molecule has 0 spiro atoms. The average Bonchev–Trinajstić information content (AvgIpc) is 2.39. The average molecular weight is 264 g/mol. The molecule has 0 fully saturated rings. The van der Waals surface area contributed by atoms with Gasteiger partial charge in [0, 0.05) is 0 Å². The van der Waals surface area contributed by atoms with Crippen LogP contribution in [0.5, 0.6) is 0 Å². The monoisotopic (exact) mass is 264 g/mol. The van der Waals surface area contributed by atoms with Crippen LogP contribution in [0.2, 0.25) is 0 Å². The molecule has 0 amide bonds. The van der Waals surface area contributed by atoms with Crippen LogP contribution in [0, 0.1) is 5.82 Å². The summed E-state index contributed by atoms with van der Waals surface area (Å²) in [7, 11) is 0. The number of benzene rings is 1. The molecule has 108 valence electrons. The Balaban J connectivity index is 2.99. The summed E-state index contributed by atoms with van der Waals surface area (Å²) in [4.78, 5) is 0. The second-order valence-electron chi connectivity index (χ2n) is 5.75. The molecule has 19 heavy (non-hydrogen) atoms. The van der Waals surface area contributed by atoms with Gasteiger partial charge >= 0.3 is 0 Å². The first-order valence-corrected chi connectivity index (χ1v) is 7.94. The standard InChI is InChI=1S/C18H29F/c1-4-7-8-14-18(12-5-2,13-6-3)16-10-9-11-17(19)15-16/h9-11,15H,4-8,12-14H2,1-3H3. The van der Waals surface area contributed by atoms with E-state index in [0.29, 0.717) is 0 Å². The van der Waals surface area contributed by atoms with Gasteiger partial charge in [0.15, 0.2) is 0 Å². The predicted molar refractivity (Wildman–Crippen MR) is 82.0 cm³/mol. The van der Waals surface area contributed by atoms with Crippen molar-refractivity contribution in [3.05, 3.63) is 35.6 Å². The minimum Gasteiger partial charge on any atom is -0.207 e. The van der Waals surface area contributed by atoms with Gasteiger partial charge in [-0.05, 0) is 42.4 Å². The molecule has 0 N–H and O–H groups in total. The molecular formula is C18H29F. The number of hydrogen-bond donors (Lipinski definition) is 0. The van der Waals surface area contributed by atoms with Crippen LogP contribution in [0.15, 0.2) is 24.3 Å². The highest BCUT2D eigenvalue weighted by Gasteiger charge is 2.30. The highest BCUT2D eigenvalue weighted by atomic mass is 19.1. The molecule has 1 rings (SSSR count). The maximum absolute atomic E-state index is 13.6.